The first-order valence-electron chi connectivity index (χ1n) is 7.82. The maximum atomic E-state index is 11.6. The first kappa shape index (κ1) is 17.2. The van der Waals surface area contributed by atoms with E-state index in [-0.39, 0.29) is 17.9 Å². The van der Waals surface area contributed by atoms with Crippen LogP contribution in [-0.4, -0.2) is 48.2 Å². The third-order valence-corrected chi connectivity index (χ3v) is 3.87. The van der Waals surface area contributed by atoms with E-state index in [1.165, 1.54) is 0 Å². The molecule has 0 bridgehead atoms. The molecule has 1 rings (SSSR count). The smallest absolute Gasteiger partial charge is 0.222 e. The van der Waals surface area contributed by atoms with Crippen molar-refractivity contribution >= 4 is 5.91 Å². The molecule has 1 amide bonds. The number of aliphatic hydroxyl groups is 1. The van der Waals surface area contributed by atoms with E-state index in [1.54, 1.807) is 0 Å². The largest absolute Gasteiger partial charge is 0.392 e. The number of allylic oxidation sites excluding steroid dienone is 1. The van der Waals surface area contributed by atoms with Crippen LogP contribution in [0.1, 0.15) is 39.5 Å². The highest BCUT2D eigenvalue weighted by atomic mass is 16.3. The lowest BCUT2D eigenvalue weighted by molar-refractivity contribution is -0.124. The number of rotatable bonds is 8. The SMILES string of the molecule is C=CCCC(O)CN1CCCC(CNC(=O)C(C)C)C1. The average Bonchev–Trinajstić information content (AvgIpc) is 2.42. The predicted molar refractivity (Wildman–Crippen MR) is 82.4 cm³/mol. The molecule has 1 fully saturated rings. The third kappa shape index (κ3) is 6.53. The molecule has 20 heavy (non-hydrogen) atoms. The van der Waals surface area contributed by atoms with Gasteiger partial charge in [0.1, 0.15) is 0 Å². The molecule has 1 saturated heterocycles. The zero-order valence-electron chi connectivity index (χ0n) is 13.0. The number of likely N-dealkylation sites (tertiary alicyclic amines) is 1. The van der Waals surface area contributed by atoms with Crippen LogP contribution in [0.4, 0.5) is 0 Å². The Balaban J connectivity index is 2.27. The van der Waals surface area contributed by atoms with Crippen molar-refractivity contribution in [3.8, 4) is 0 Å². The van der Waals surface area contributed by atoms with Gasteiger partial charge in [0.05, 0.1) is 6.10 Å². The molecule has 0 aromatic rings. The second-order valence-electron chi connectivity index (χ2n) is 6.19. The van der Waals surface area contributed by atoms with Gasteiger partial charge in [-0.15, -0.1) is 6.58 Å². The topological polar surface area (TPSA) is 52.6 Å². The Labute approximate surface area is 123 Å². The summed E-state index contributed by atoms with van der Waals surface area (Å²) in [6.07, 6.45) is 5.55. The van der Waals surface area contributed by atoms with Crippen molar-refractivity contribution < 1.29 is 9.90 Å². The fourth-order valence-electron chi connectivity index (χ4n) is 2.63. The van der Waals surface area contributed by atoms with Crippen molar-refractivity contribution in [1.82, 2.24) is 10.2 Å². The lowest BCUT2D eigenvalue weighted by atomic mass is 9.97. The van der Waals surface area contributed by atoms with Gasteiger partial charge < -0.3 is 15.3 Å². The van der Waals surface area contributed by atoms with Crippen molar-refractivity contribution in [2.24, 2.45) is 11.8 Å². The molecule has 0 aromatic heterocycles. The van der Waals surface area contributed by atoms with Gasteiger partial charge in [0.25, 0.3) is 0 Å². The summed E-state index contributed by atoms with van der Waals surface area (Å²) < 4.78 is 0. The molecule has 0 aliphatic carbocycles. The maximum absolute atomic E-state index is 11.6. The van der Waals surface area contributed by atoms with Gasteiger partial charge in [-0.05, 0) is 38.1 Å². The molecule has 2 atom stereocenters. The van der Waals surface area contributed by atoms with Crippen molar-refractivity contribution in [2.45, 2.75) is 45.6 Å². The third-order valence-electron chi connectivity index (χ3n) is 3.87. The first-order valence-corrected chi connectivity index (χ1v) is 7.82. The number of nitrogens with zero attached hydrogens (tertiary/aromatic N) is 1. The molecule has 1 aliphatic heterocycles. The van der Waals surface area contributed by atoms with Crippen LogP contribution in [0, 0.1) is 11.8 Å². The fourth-order valence-corrected chi connectivity index (χ4v) is 2.63. The molecule has 0 aromatic carbocycles. The van der Waals surface area contributed by atoms with Crippen LogP contribution < -0.4 is 5.32 Å². The minimum absolute atomic E-state index is 0.0513. The summed E-state index contributed by atoms with van der Waals surface area (Å²) in [4.78, 5) is 13.9. The number of β-amino-alcohol motifs (C(OH)–C–C–N with tert-alkyl or cyclic N) is 1. The van der Waals surface area contributed by atoms with Gasteiger partial charge in [0.15, 0.2) is 0 Å². The second-order valence-corrected chi connectivity index (χ2v) is 6.19. The lowest BCUT2D eigenvalue weighted by Crippen LogP contribution is -2.44. The average molecular weight is 282 g/mol. The number of piperidine rings is 1. The van der Waals surface area contributed by atoms with E-state index in [0.717, 1.165) is 51.9 Å². The van der Waals surface area contributed by atoms with Crippen LogP contribution in [0.2, 0.25) is 0 Å². The Morgan fingerprint density at radius 3 is 2.95 bits per heavy atom. The van der Waals surface area contributed by atoms with E-state index in [9.17, 15) is 9.90 Å². The Bertz CT molecular complexity index is 305. The van der Waals surface area contributed by atoms with Crippen LogP contribution >= 0.6 is 0 Å². The standard InChI is InChI=1S/C16H30N2O2/c1-4-5-8-15(19)12-18-9-6-7-14(11-18)10-17-16(20)13(2)3/h4,13-15,19H,1,5-12H2,2-3H3,(H,17,20). The number of nitrogens with one attached hydrogen (secondary N) is 1. The Morgan fingerprint density at radius 2 is 2.30 bits per heavy atom. The van der Waals surface area contributed by atoms with Crippen molar-refractivity contribution in [1.29, 1.82) is 0 Å². The van der Waals surface area contributed by atoms with Crippen molar-refractivity contribution in [3.63, 3.8) is 0 Å². The van der Waals surface area contributed by atoms with Gasteiger partial charge in [-0.25, -0.2) is 0 Å². The molecule has 2 N–H and O–H groups in total. The normalized spacial score (nSPS) is 21.7. The monoisotopic (exact) mass is 282 g/mol. The van der Waals surface area contributed by atoms with Crippen LogP contribution in [-0.2, 0) is 4.79 Å². The van der Waals surface area contributed by atoms with E-state index in [2.05, 4.69) is 16.8 Å². The number of carbonyl (C=O) groups is 1. The number of amides is 1. The summed E-state index contributed by atoms with van der Waals surface area (Å²) in [6.45, 7) is 11.0. The summed E-state index contributed by atoms with van der Waals surface area (Å²) in [5.41, 5.74) is 0. The number of hydrogen-bond acceptors (Lipinski definition) is 3. The molecule has 2 unspecified atom stereocenters. The van der Waals surface area contributed by atoms with Crippen LogP contribution in [0.25, 0.3) is 0 Å². The molecule has 4 heteroatoms. The Morgan fingerprint density at radius 1 is 1.55 bits per heavy atom. The number of hydrogen-bond donors (Lipinski definition) is 2. The van der Waals surface area contributed by atoms with Crippen LogP contribution in [0.15, 0.2) is 12.7 Å². The zero-order valence-corrected chi connectivity index (χ0v) is 13.0. The number of aliphatic hydroxyl groups excluding tert-OH is 1. The molecular weight excluding hydrogens is 252 g/mol. The first-order chi connectivity index (χ1) is 9.52. The fraction of sp³-hybridized carbons (Fsp3) is 0.812. The molecule has 1 heterocycles. The van der Waals surface area contributed by atoms with Crippen molar-refractivity contribution in [3.05, 3.63) is 12.7 Å². The van der Waals surface area contributed by atoms with Gasteiger partial charge in [0.2, 0.25) is 5.91 Å². The lowest BCUT2D eigenvalue weighted by Gasteiger charge is -2.34. The van der Waals surface area contributed by atoms with E-state index < -0.39 is 0 Å². The molecule has 1 aliphatic rings. The maximum Gasteiger partial charge on any atom is 0.222 e. The van der Waals surface area contributed by atoms with E-state index >= 15 is 0 Å². The van der Waals surface area contributed by atoms with Gasteiger partial charge in [-0.3, -0.25) is 4.79 Å². The Hall–Kier alpha value is -0.870. The van der Waals surface area contributed by atoms with Crippen LogP contribution in [0.5, 0.6) is 0 Å². The summed E-state index contributed by atoms with van der Waals surface area (Å²) >= 11 is 0. The Kier molecular flexibility index (Phi) is 7.85. The molecule has 0 radical (unpaired) electrons. The van der Waals surface area contributed by atoms with Gasteiger partial charge in [-0.1, -0.05) is 19.9 Å². The minimum atomic E-state index is -0.267. The van der Waals surface area contributed by atoms with E-state index in [0.29, 0.717) is 5.92 Å². The summed E-state index contributed by atoms with van der Waals surface area (Å²) in [7, 11) is 0. The molecule has 116 valence electrons. The highest BCUT2D eigenvalue weighted by Crippen LogP contribution is 2.16. The molecule has 4 nitrogen and oxygen atoms in total. The number of carbonyl (C=O) groups excluding carboxylic acids is 1. The highest BCUT2D eigenvalue weighted by molar-refractivity contribution is 5.77. The summed E-state index contributed by atoms with van der Waals surface area (Å²) in [5, 5.41) is 13.0. The van der Waals surface area contributed by atoms with E-state index in [4.69, 9.17) is 0 Å². The van der Waals surface area contributed by atoms with Gasteiger partial charge in [-0.2, -0.15) is 0 Å². The summed E-state index contributed by atoms with van der Waals surface area (Å²) in [6, 6.07) is 0. The van der Waals surface area contributed by atoms with E-state index in [1.807, 2.05) is 19.9 Å². The minimum Gasteiger partial charge on any atom is -0.392 e. The molecule has 0 saturated carbocycles. The van der Waals surface area contributed by atoms with Gasteiger partial charge >= 0.3 is 0 Å². The second kappa shape index (κ2) is 9.14. The molecule has 0 spiro atoms. The zero-order chi connectivity index (χ0) is 15.0. The van der Waals surface area contributed by atoms with Gasteiger partial charge in [0, 0.05) is 25.6 Å². The van der Waals surface area contributed by atoms with Crippen LogP contribution in [0.3, 0.4) is 0 Å². The quantitative estimate of drug-likeness (QED) is 0.668. The highest BCUT2D eigenvalue weighted by Gasteiger charge is 2.22. The molecular formula is C16H30N2O2. The summed E-state index contributed by atoms with van der Waals surface area (Å²) in [5.74, 6) is 0.696. The van der Waals surface area contributed by atoms with Crippen molar-refractivity contribution in [2.75, 3.05) is 26.2 Å². The predicted octanol–water partition coefficient (Wildman–Crippen LogP) is 1.80.